The summed E-state index contributed by atoms with van der Waals surface area (Å²) in [6, 6.07) is 15.2. The zero-order chi connectivity index (χ0) is 17.3. The number of carbonyl (C=O) groups excluding carboxylic acids is 1. The number of halogens is 1. The highest BCUT2D eigenvalue weighted by molar-refractivity contribution is 8.27. The number of benzene rings is 2. The quantitative estimate of drug-likeness (QED) is 0.568. The molecule has 0 bridgehead atoms. The van der Waals surface area contributed by atoms with E-state index in [2.05, 4.69) is 0 Å². The van der Waals surface area contributed by atoms with Crippen LogP contribution in [0.2, 0.25) is 5.02 Å². The third kappa shape index (κ3) is 3.34. The van der Waals surface area contributed by atoms with Gasteiger partial charge >= 0.3 is 0 Å². The fraction of sp³-hybridized carbons (Fsp3) is 0.111. The van der Waals surface area contributed by atoms with E-state index >= 15 is 0 Å². The van der Waals surface area contributed by atoms with Crippen molar-refractivity contribution in [3.8, 4) is 0 Å². The summed E-state index contributed by atoms with van der Waals surface area (Å²) in [4.78, 5) is 16.8. The molecule has 1 fully saturated rings. The van der Waals surface area contributed by atoms with Gasteiger partial charge in [-0.05, 0) is 35.9 Å². The fourth-order valence-corrected chi connectivity index (χ4v) is 3.83. The Balaban J connectivity index is 1.90. The first-order valence-electron chi connectivity index (χ1n) is 7.27. The molecule has 24 heavy (non-hydrogen) atoms. The number of hydrogen-bond acceptors (Lipinski definition) is 4. The van der Waals surface area contributed by atoms with Crippen LogP contribution in [0.5, 0.6) is 0 Å². The van der Waals surface area contributed by atoms with Gasteiger partial charge in [0.2, 0.25) is 0 Å². The second kappa shape index (κ2) is 6.97. The van der Waals surface area contributed by atoms with E-state index in [0.717, 1.165) is 11.3 Å². The van der Waals surface area contributed by atoms with E-state index in [1.54, 1.807) is 12.1 Å². The lowest BCUT2D eigenvalue weighted by molar-refractivity contribution is -0.113. The molecule has 1 amide bonds. The Kier molecular flexibility index (Phi) is 4.94. The smallest absolute Gasteiger partial charge is 0.270 e. The van der Waals surface area contributed by atoms with E-state index in [1.807, 2.05) is 61.5 Å². The third-order valence-corrected chi connectivity index (χ3v) is 5.22. The van der Waals surface area contributed by atoms with Crippen molar-refractivity contribution in [2.24, 2.45) is 0 Å². The molecule has 3 rings (SSSR count). The summed E-state index contributed by atoms with van der Waals surface area (Å²) in [5.41, 5.74) is 2.68. The van der Waals surface area contributed by atoms with Crippen molar-refractivity contribution in [3.63, 3.8) is 0 Å². The van der Waals surface area contributed by atoms with Crippen LogP contribution in [0.4, 0.5) is 11.4 Å². The number of carbonyl (C=O) groups is 1. The Labute approximate surface area is 155 Å². The van der Waals surface area contributed by atoms with E-state index in [1.165, 1.54) is 16.7 Å². The molecule has 0 aliphatic carbocycles. The topological polar surface area (TPSA) is 23.6 Å². The SMILES string of the molecule is CN(C)c1ccc(/C=C2\SC(=S)N(c3ccccc3Cl)C2=O)cc1. The standard InChI is InChI=1S/C18H15ClN2OS2/c1-20(2)13-9-7-12(8-10-13)11-16-17(22)21(18(23)24-16)15-6-4-3-5-14(15)19/h3-11H,1-2H3/b16-11-. The Morgan fingerprint density at radius 1 is 1.12 bits per heavy atom. The van der Waals surface area contributed by atoms with E-state index in [9.17, 15) is 4.79 Å². The largest absolute Gasteiger partial charge is 0.378 e. The maximum atomic E-state index is 12.7. The maximum absolute atomic E-state index is 12.7. The van der Waals surface area contributed by atoms with Crippen molar-refractivity contribution < 1.29 is 4.79 Å². The second-order valence-corrected chi connectivity index (χ2v) is 7.54. The molecule has 122 valence electrons. The summed E-state index contributed by atoms with van der Waals surface area (Å²) in [5, 5.41) is 0.505. The number of anilines is 2. The molecule has 1 aliphatic heterocycles. The Bertz CT molecular complexity index is 831. The molecule has 6 heteroatoms. The minimum absolute atomic E-state index is 0.144. The molecule has 0 saturated carbocycles. The van der Waals surface area contributed by atoms with Crippen molar-refractivity contribution in [2.75, 3.05) is 23.9 Å². The average Bonchev–Trinajstić information content (AvgIpc) is 2.83. The van der Waals surface area contributed by atoms with Crippen LogP contribution in [0.25, 0.3) is 6.08 Å². The lowest BCUT2D eigenvalue weighted by Gasteiger charge is -2.15. The minimum atomic E-state index is -0.144. The van der Waals surface area contributed by atoms with Gasteiger partial charge in [0.05, 0.1) is 15.6 Å². The van der Waals surface area contributed by atoms with E-state index in [0.29, 0.717) is 19.9 Å². The number of thioether (sulfide) groups is 1. The number of nitrogens with zero attached hydrogens (tertiary/aromatic N) is 2. The summed E-state index contributed by atoms with van der Waals surface area (Å²) < 4.78 is 0.490. The molecular weight excluding hydrogens is 360 g/mol. The fourth-order valence-electron chi connectivity index (χ4n) is 2.33. The number of rotatable bonds is 3. The third-order valence-electron chi connectivity index (χ3n) is 3.59. The van der Waals surface area contributed by atoms with Crippen LogP contribution in [-0.2, 0) is 4.79 Å². The van der Waals surface area contributed by atoms with Crippen molar-refractivity contribution >= 4 is 63.3 Å². The van der Waals surface area contributed by atoms with Gasteiger partial charge in [-0.2, -0.15) is 0 Å². The predicted octanol–water partition coefficient (Wildman–Crippen LogP) is 4.81. The van der Waals surface area contributed by atoms with Gasteiger partial charge < -0.3 is 4.90 Å². The highest BCUT2D eigenvalue weighted by Gasteiger charge is 2.34. The van der Waals surface area contributed by atoms with Gasteiger partial charge in [0.1, 0.15) is 0 Å². The molecular formula is C18H15ClN2OS2. The van der Waals surface area contributed by atoms with Crippen LogP contribution in [0.1, 0.15) is 5.56 Å². The van der Waals surface area contributed by atoms with Crippen LogP contribution in [0, 0.1) is 0 Å². The lowest BCUT2D eigenvalue weighted by Crippen LogP contribution is -2.27. The molecule has 0 radical (unpaired) electrons. The number of hydrogen-bond donors (Lipinski definition) is 0. The minimum Gasteiger partial charge on any atom is -0.378 e. The van der Waals surface area contributed by atoms with Crippen LogP contribution >= 0.6 is 35.6 Å². The van der Waals surface area contributed by atoms with Gasteiger partial charge in [0.15, 0.2) is 4.32 Å². The maximum Gasteiger partial charge on any atom is 0.270 e. The zero-order valence-electron chi connectivity index (χ0n) is 13.2. The van der Waals surface area contributed by atoms with Gasteiger partial charge in [-0.15, -0.1) is 0 Å². The van der Waals surface area contributed by atoms with Crippen molar-refractivity contribution in [2.45, 2.75) is 0 Å². The first-order valence-corrected chi connectivity index (χ1v) is 8.87. The highest BCUT2D eigenvalue weighted by Crippen LogP contribution is 2.38. The van der Waals surface area contributed by atoms with Crippen LogP contribution in [-0.4, -0.2) is 24.3 Å². The molecule has 0 atom stereocenters. The Hall–Kier alpha value is -1.82. The van der Waals surface area contributed by atoms with Gasteiger partial charge in [-0.1, -0.05) is 59.8 Å². The Morgan fingerprint density at radius 3 is 2.42 bits per heavy atom. The predicted molar refractivity (Wildman–Crippen MR) is 108 cm³/mol. The highest BCUT2D eigenvalue weighted by atomic mass is 35.5. The van der Waals surface area contributed by atoms with Crippen LogP contribution < -0.4 is 9.80 Å². The number of amides is 1. The van der Waals surface area contributed by atoms with Gasteiger partial charge in [-0.3, -0.25) is 9.69 Å². The molecule has 2 aromatic carbocycles. The zero-order valence-corrected chi connectivity index (χ0v) is 15.6. The number of para-hydroxylation sites is 1. The molecule has 0 unspecified atom stereocenters. The summed E-state index contributed by atoms with van der Waals surface area (Å²) >= 11 is 12.9. The van der Waals surface area contributed by atoms with Crippen molar-refractivity contribution in [3.05, 3.63) is 64.0 Å². The normalized spacial score (nSPS) is 16.1. The van der Waals surface area contributed by atoms with E-state index in [-0.39, 0.29) is 5.91 Å². The van der Waals surface area contributed by atoms with E-state index < -0.39 is 0 Å². The molecule has 1 saturated heterocycles. The molecule has 0 N–H and O–H groups in total. The van der Waals surface area contributed by atoms with Gasteiger partial charge in [0, 0.05) is 19.8 Å². The molecule has 0 spiro atoms. The second-order valence-electron chi connectivity index (χ2n) is 5.45. The first-order chi connectivity index (χ1) is 11.5. The van der Waals surface area contributed by atoms with Crippen molar-refractivity contribution in [1.29, 1.82) is 0 Å². The first kappa shape index (κ1) is 17.0. The summed E-state index contributed by atoms with van der Waals surface area (Å²) in [6.07, 6.45) is 1.86. The monoisotopic (exact) mass is 374 g/mol. The van der Waals surface area contributed by atoms with Crippen molar-refractivity contribution in [1.82, 2.24) is 0 Å². The molecule has 1 aliphatic rings. The summed E-state index contributed by atoms with van der Waals surface area (Å²) in [5.74, 6) is -0.144. The molecule has 2 aromatic rings. The Morgan fingerprint density at radius 2 is 1.79 bits per heavy atom. The van der Waals surface area contributed by atoms with Gasteiger partial charge in [-0.25, -0.2) is 0 Å². The molecule has 1 heterocycles. The number of thiocarbonyl (C=S) groups is 1. The van der Waals surface area contributed by atoms with Gasteiger partial charge in [0.25, 0.3) is 5.91 Å². The summed E-state index contributed by atoms with van der Waals surface area (Å²) in [7, 11) is 3.98. The molecule has 3 nitrogen and oxygen atoms in total. The lowest BCUT2D eigenvalue weighted by atomic mass is 10.2. The van der Waals surface area contributed by atoms with Crippen LogP contribution in [0.15, 0.2) is 53.4 Å². The summed E-state index contributed by atoms with van der Waals surface area (Å²) in [6.45, 7) is 0. The van der Waals surface area contributed by atoms with Crippen LogP contribution in [0.3, 0.4) is 0 Å². The average molecular weight is 375 g/mol. The molecule has 0 aromatic heterocycles. The van der Waals surface area contributed by atoms with E-state index in [4.69, 9.17) is 23.8 Å².